The highest BCUT2D eigenvalue weighted by Crippen LogP contribution is 2.26. The van der Waals surface area contributed by atoms with Crippen molar-refractivity contribution in [3.63, 3.8) is 0 Å². The minimum atomic E-state index is -0.535. The largest absolute Gasteiger partial charge is 0.489 e. The van der Waals surface area contributed by atoms with Gasteiger partial charge in [0.15, 0.2) is 0 Å². The Bertz CT molecular complexity index is 2320. The minimum Gasteiger partial charge on any atom is -0.489 e. The summed E-state index contributed by atoms with van der Waals surface area (Å²) >= 11 is 1.32. The molecule has 0 aliphatic heterocycles. The number of ether oxygens (including phenoxy) is 1. The molecule has 6 rings (SSSR count). The molecule has 0 fully saturated rings. The molecule has 5 aromatic carbocycles. The van der Waals surface area contributed by atoms with Gasteiger partial charge in [0.2, 0.25) is 5.91 Å². The number of amides is 3. The molecule has 0 radical (unpaired) electrons. The first-order chi connectivity index (χ1) is 26.2. The quantitative estimate of drug-likeness (QED) is 0.0830. The zero-order valence-electron chi connectivity index (χ0n) is 30.0. The topological polar surface area (TPSA) is 123 Å². The van der Waals surface area contributed by atoms with Gasteiger partial charge in [0, 0.05) is 23.2 Å². The van der Waals surface area contributed by atoms with Crippen LogP contribution in [0.4, 0.5) is 11.4 Å². The maximum absolute atomic E-state index is 13.6. The maximum atomic E-state index is 13.6. The number of benzene rings is 5. The molecule has 0 saturated carbocycles. The second-order valence-electron chi connectivity index (χ2n) is 12.4. The van der Waals surface area contributed by atoms with Crippen LogP contribution in [0.2, 0.25) is 0 Å². The third-order valence-corrected chi connectivity index (χ3v) is 9.68. The molecule has 0 aliphatic carbocycles. The lowest BCUT2D eigenvalue weighted by molar-refractivity contribution is -0.115. The Morgan fingerprint density at radius 3 is 2.04 bits per heavy atom. The van der Waals surface area contributed by atoms with Gasteiger partial charge in [-0.15, -0.1) is 11.8 Å². The van der Waals surface area contributed by atoms with Crippen LogP contribution in [0.25, 0.3) is 11.8 Å². The van der Waals surface area contributed by atoms with Gasteiger partial charge in [-0.05, 0) is 91.7 Å². The zero-order valence-corrected chi connectivity index (χ0v) is 30.8. The molecular formula is C43H39N5O5S. The van der Waals surface area contributed by atoms with E-state index in [4.69, 9.17) is 4.74 Å². The average molecular weight is 738 g/mol. The predicted molar refractivity (Wildman–Crippen MR) is 214 cm³/mol. The monoisotopic (exact) mass is 737 g/mol. The number of hydrogen-bond donors (Lipinski definition) is 3. The van der Waals surface area contributed by atoms with Gasteiger partial charge in [-0.3, -0.25) is 23.9 Å². The normalized spacial score (nSPS) is 11.7. The van der Waals surface area contributed by atoms with Gasteiger partial charge >= 0.3 is 0 Å². The van der Waals surface area contributed by atoms with Gasteiger partial charge in [0.25, 0.3) is 17.4 Å². The van der Waals surface area contributed by atoms with Gasteiger partial charge in [0.05, 0.1) is 16.6 Å². The summed E-state index contributed by atoms with van der Waals surface area (Å²) < 4.78 is 9.13. The van der Waals surface area contributed by atoms with Crippen LogP contribution in [0.1, 0.15) is 34.1 Å². The van der Waals surface area contributed by atoms with Gasteiger partial charge in [0.1, 0.15) is 23.7 Å². The Kier molecular flexibility index (Phi) is 11.9. The van der Waals surface area contributed by atoms with E-state index in [2.05, 4.69) is 16.0 Å². The van der Waals surface area contributed by atoms with E-state index in [1.807, 2.05) is 91.0 Å². The van der Waals surface area contributed by atoms with Crippen LogP contribution in [0.15, 0.2) is 155 Å². The smallest absolute Gasteiger partial charge is 0.295 e. The van der Waals surface area contributed by atoms with Crippen molar-refractivity contribution < 1.29 is 19.1 Å². The molecule has 54 heavy (non-hydrogen) atoms. The molecule has 0 aliphatic rings. The number of nitrogens with one attached hydrogen (secondary N) is 3. The van der Waals surface area contributed by atoms with E-state index in [0.29, 0.717) is 40.6 Å². The first-order valence-corrected chi connectivity index (χ1v) is 18.1. The molecule has 0 saturated heterocycles. The number of hydrogen-bond acceptors (Lipinski definition) is 6. The fourth-order valence-electron chi connectivity index (χ4n) is 5.52. The number of carbonyl (C=O) groups excluding carboxylic acids is 3. The summed E-state index contributed by atoms with van der Waals surface area (Å²) in [5, 5.41) is 7.91. The molecule has 1 unspecified atom stereocenters. The Balaban J connectivity index is 1.11. The average Bonchev–Trinajstić information content (AvgIpc) is 3.41. The molecule has 11 heteroatoms. The van der Waals surface area contributed by atoms with Crippen LogP contribution in [-0.4, -0.2) is 32.3 Å². The molecule has 10 nitrogen and oxygen atoms in total. The number of thioether (sulfide) groups is 1. The highest BCUT2D eigenvalue weighted by Gasteiger charge is 2.22. The predicted octanol–water partition coefficient (Wildman–Crippen LogP) is 7.59. The van der Waals surface area contributed by atoms with E-state index in [1.165, 1.54) is 16.4 Å². The van der Waals surface area contributed by atoms with E-state index in [9.17, 15) is 19.2 Å². The van der Waals surface area contributed by atoms with E-state index in [-0.39, 0.29) is 22.9 Å². The molecule has 1 atom stereocenters. The standard InChI is InChI=1S/C43H39N5O5S/c1-29-39(43(52)48(47(29)3)35-17-11-6-12-18-35)46-40(49)30(2)54-37-25-21-34(22-26-37)44-42(51)38(45-41(50)33-15-9-5-10-16-33)27-31-19-23-36(24-20-31)53-28-32-13-7-4-8-14-32/h4-27,30H,28H2,1-3H3,(H,44,51)(H,45,50)(H,46,49)/b38-27-. The van der Waals surface area contributed by atoms with Crippen molar-refractivity contribution in [3.8, 4) is 11.4 Å². The van der Waals surface area contributed by atoms with Crippen molar-refractivity contribution in [1.82, 2.24) is 14.7 Å². The number of aromatic nitrogens is 2. The van der Waals surface area contributed by atoms with E-state index < -0.39 is 17.1 Å². The van der Waals surface area contributed by atoms with Crippen molar-refractivity contribution in [2.24, 2.45) is 7.05 Å². The minimum absolute atomic E-state index is 0.0492. The van der Waals surface area contributed by atoms with Gasteiger partial charge in [-0.2, -0.15) is 0 Å². The summed E-state index contributed by atoms with van der Waals surface area (Å²) in [4.78, 5) is 54.0. The van der Waals surface area contributed by atoms with E-state index in [1.54, 1.807) is 80.2 Å². The van der Waals surface area contributed by atoms with Gasteiger partial charge in [-0.25, -0.2) is 4.68 Å². The molecule has 3 amide bonds. The number of carbonyl (C=O) groups is 3. The van der Waals surface area contributed by atoms with Crippen LogP contribution >= 0.6 is 11.8 Å². The third kappa shape index (κ3) is 9.25. The lowest BCUT2D eigenvalue weighted by atomic mass is 10.1. The summed E-state index contributed by atoms with van der Waals surface area (Å²) in [5.41, 5.74) is 3.92. The highest BCUT2D eigenvalue weighted by atomic mass is 32.2. The van der Waals surface area contributed by atoms with Crippen LogP contribution in [0, 0.1) is 6.92 Å². The Hall–Kier alpha value is -6.59. The number of para-hydroxylation sites is 1. The highest BCUT2D eigenvalue weighted by molar-refractivity contribution is 8.00. The Labute approximate surface area is 317 Å². The summed E-state index contributed by atoms with van der Waals surface area (Å²) in [6, 6.07) is 42.0. The molecule has 3 N–H and O–H groups in total. The summed E-state index contributed by atoms with van der Waals surface area (Å²) in [6.07, 6.45) is 1.60. The van der Waals surface area contributed by atoms with Crippen LogP contribution in [0.5, 0.6) is 5.75 Å². The first-order valence-electron chi connectivity index (χ1n) is 17.2. The van der Waals surface area contributed by atoms with E-state index >= 15 is 0 Å². The van der Waals surface area contributed by atoms with Gasteiger partial charge in [-0.1, -0.05) is 78.9 Å². The van der Waals surface area contributed by atoms with Crippen LogP contribution in [-0.2, 0) is 23.2 Å². The molecular weight excluding hydrogens is 699 g/mol. The van der Waals surface area contributed by atoms with Gasteiger partial charge < -0.3 is 20.7 Å². The second-order valence-corrected chi connectivity index (χ2v) is 13.8. The second kappa shape index (κ2) is 17.3. The molecule has 1 aromatic heterocycles. The molecule has 1 heterocycles. The number of nitrogens with zero attached hydrogens (tertiary/aromatic N) is 2. The zero-order chi connectivity index (χ0) is 38.0. The fraction of sp³-hybridized carbons (Fsp3) is 0.116. The molecule has 0 bridgehead atoms. The number of rotatable bonds is 13. The Morgan fingerprint density at radius 2 is 1.39 bits per heavy atom. The summed E-state index contributed by atoms with van der Waals surface area (Å²) in [6.45, 7) is 3.97. The fourth-order valence-corrected chi connectivity index (χ4v) is 6.39. The molecule has 272 valence electrons. The third-order valence-electron chi connectivity index (χ3n) is 8.56. The lowest BCUT2D eigenvalue weighted by Crippen LogP contribution is -2.30. The van der Waals surface area contributed by atoms with E-state index in [0.717, 1.165) is 10.5 Å². The first kappa shape index (κ1) is 37.2. The molecule has 0 spiro atoms. The lowest BCUT2D eigenvalue weighted by Gasteiger charge is -2.13. The molecule has 6 aromatic rings. The SMILES string of the molecule is Cc1c(NC(=O)C(C)Sc2ccc(NC(=O)/C(=C/c3ccc(OCc4ccccc4)cc3)NC(=O)c3ccccc3)cc2)c(=O)n(-c2ccccc2)n1C. The van der Waals surface area contributed by atoms with Crippen molar-refractivity contribution in [3.05, 3.63) is 178 Å². The Morgan fingerprint density at radius 1 is 0.778 bits per heavy atom. The van der Waals surface area contributed by atoms with Crippen molar-refractivity contribution >= 4 is 46.9 Å². The van der Waals surface area contributed by atoms with Crippen molar-refractivity contribution in [2.75, 3.05) is 10.6 Å². The van der Waals surface area contributed by atoms with Crippen molar-refractivity contribution in [1.29, 1.82) is 0 Å². The summed E-state index contributed by atoms with van der Waals surface area (Å²) in [5.74, 6) is -0.593. The summed E-state index contributed by atoms with van der Waals surface area (Å²) in [7, 11) is 1.77. The number of anilines is 2. The van der Waals surface area contributed by atoms with Crippen molar-refractivity contribution in [2.45, 2.75) is 30.6 Å². The van der Waals surface area contributed by atoms with Crippen LogP contribution < -0.4 is 26.2 Å². The van der Waals surface area contributed by atoms with Crippen LogP contribution in [0.3, 0.4) is 0 Å². The maximum Gasteiger partial charge on any atom is 0.295 e.